The van der Waals surface area contributed by atoms with Crippen molar-refractivity contribution in [3.05, 3.63) is 24.3 Å². The summed E-state index contributed by atoms with van der Waals surface area (Å²) in [6.07, 6.45) is 1.17. The molecule has 2 heteroatoms. The SMILES string of the molecule is CCC(C)C(C)Nc1ccc(O)cc1. The first-order chi connectivity index (χ1) is 6.63. The zero-order valence-corrected chi connectivity index (χ0v) is 9.12. The van der Waals surface area contributed by atoms with E-state index >= 15 is 0 Å². The lowest BCUT2D eigenvalue weighted by atomic mass is 10.0. The topological polar surface area (TPSA) is 32.3 Å². The maximum Gasteiger partial charge on any atom is 0.115 e. The van der Waals surface area contributed by atoms with Crippen molar-refractivity contribution in [3.8, 4) is 5.75 Å². The van der Waals surface area contributed by atoms with Gasteiger partial charge in [0.15, 0.2) is 0 Å². The summed E-state index contributed by atoms with van der Waals surface area (Å²) >= 11 is 0. The van der Waals surface area contributed by atoms with Crippen molar-refractivity contribution in [2.75, 3.05) is 5.32 Å². The summed E-state index contributed by atoms with van der Waals surface area (Å²) in [5.74, 6) is 0.968. The molecule has 0 aromatic heterocycles. The fourth-order valence-corrected chi connectivity index (χ4v) is 1.32. The number of anilines is 1. The monoisotopic (exact) mass is 193 g/mol. The predicted molar refractivity (Wildman–Crippen MR) is 60.6 cm³/mol. The number of nitrogens with one attached hydrogen (secondary N) is 1. The second-order valence-corrected chi connectivity index (χ2v) is 3.87. The van der Waals surface area contributed by atoms with Gasteiger partial charge in [-0.05, 0) is 37.1 Å². The van der Waals surface area contributed by atoms with E-state index in [-0.39, 0.29) is 0 Å². The molecular formula is C12H19NO. The second kappa shape index (κ2) is 4.89. The lowest BCUT2D eigenvalue weighted by Gasteiger charge is -2.21. The van der Waals surface area contributed by atoms with E-state index in [4.69, 9.17) is 5.11 Å². The Morgan fingerprint density at radius 3 is 2.29 bits per heavy atom. The molecule has 0 fully saturated rings. The van der Waals surface area contributed by atoms with Gasteiger partial charge in [-0.2, -0.15) is 0 Å². The van der Waals surface area contributed by atoms with Gasteiger partial charge in [0.05, 0.1) is 0 Å². The summed E-state index contributed by atoms with van der Waals surface area (Å²) in [5.41, 5.74) is 1.07. The van der Waals surface area contributed by atoms with Crippen LogP contribution in [0.15, 0.2) is 24.3 Å². The van der Waals surface area contributed by atoms with Crippen LogP contribution in [-0.2, 0) is 0 Å². The molecule has 0 amide bonds. The molecule has 0 aliphatic rings. The quantitative estimate of drug-likeness (QED) is 0.719. The molecule has 0 heterocycles. The van der Waals surface area contributed by atoms with Crippen molar-refractivity contribution in [2.24, 2.45) is 5.92 Å². The summed E-state index contributed by atoms with van der Waals surface area (Å²) < 4.78 is 0. The number of benzene rings is 1. The Morgan fingerprint density at radius 2 is 1.79 bits per heavy atom. The van der Waals surface area contributed by atoms with E-state index in [1.165, 1.54) is 6.42 Å². The van der Waals surface area contributed by atoms with E-state index < -0.39 is 0 Å². The highest BCUT2D eigenvalue weighted by molar-refractivity contribution is 5.46. The Bertz CT molecular complexity index is 268. The Labute approximate surface area is 86.0 Å². The van der Waals surface area contributed by atoms with Gasteiger partial charge in [-0.3, -0.25) is 0 Å². The lowest BCUT2D eigenvalue weighted by molar-refractivity contribution is 0.475. The second-order valence-electron chi connectivity index (χ2n) is 3.87. The number of rotatable bonds is 4. The van der Waals surface area contributed by atoms with Gasteiger partial charge in [0.25, 0.3) is 0 Å². The summed E-state index contributed by atoms with van der Waals surface area (Å²) in [6, 6.07) is 7.66. The molecule has 0 bridgehead atoms. The van der Waals surface area contributed by atoms with E-state index in [0.717, 1.165) is 5.69 Å². The Hall–Kier alpha value is -1.18. The van der Waals surface area contributed by atoms with E-state index in [1.54, 1.807) is 12.1 Å². The normalized spacial score (nSPS) is 14.8. The molecule has 14 heavy (non-hydrogen) atoms. The molecule has 0 saturated heterocycles. The molecule has 0 saturated carbocycles. The maximum atomic E-state index is 9.12. The Balaban J connectivity index is 2.56. The molecule has 2 N–H and O–H groups in total. The highest BCUT2D eigenvalue weighted by Crippen LogP contribution is 2.17. The van der Waals surface area contributed by atoms with Crippen LogP contribution in [0.5, 0.6) is 5.75 Å². The molecule has 0 spiro atoms. The first kappa shape index (κ1) is 10.9. The largest absolute Gasteiger partial charge is 0.508 e. The van der Waals surface area contributed by atoms with E-state index in [2.05, 4.69) is 26.1 Å². The minimum atomic E-state index is 0.312. The lowest BCUT2D eigenvalue weighted by Crippen LogP contribution is -2.22. The van der Waals surface area contributed by atoms with Crippen molar-refractivity contribution < 1.29 is 5.11 Å². The highest BCUT2D eigenvalue weighted by atomic mass is 16.3. The fraction of sp³-hybridized carbons (Fsp3) is 0.500. The molecule has 1 aromatic rings. The van der Waals surface area contributed by atoms with Crippen LogP contribution in [0.25, 0.3) is 0 Å². The van der Waals surface area contributed by atoms with Crippen LogP contribution < -0.4 is 5.32 Å². The van der Waals surface area contributed by atoms with Crippen molar-refractivity contribution in [1.82, 2.24) is 0 Å². The standard InChI is InChI=1S/C12H19NO/c1-4-9(2)10(3)13-11-5-7-12(14)8-6-11/h5-10,13-14H,4H2,1-3H3. The van der Waals surface area contributed by atoms with Crippen LogP contribution in [-0.4, -0.2) is 11.1 Å². The van der Waals surface area contributed by atoms with Crippen LogP contribution >= 0.6 is 0 Å². The third-order valence-electron chi connectivity index (χ3n) is 2.76. The molecule has 0 aliphatic carbocycles. The molecule has 2 unspecified atom stereocenters. The smallest absolute Gasteiger partial charge is 0.115 e. The van der Waals surface area contributed by atoms with Gasteiger partial charge in [0, 0.05) is 11.7 Å². The van der Waals surface area contributed by atoms with Crippen molar-refractivity contribution in [1.29, 1.82) is 0 Å². The highest BCUT2D eigenvalue weighted by Gasteiger charge is 2.09. The van der Waals surface area contributed by atoms with Crippen LogP contribution in [0.2, 0.25) is 0 Å². The van der Waals surface area contributed by atoms with E-state index in [1.807, 2.05) is 12.1 Å². The van der Waals surface area contributed by atoms with Crippen LogP contribution in [0.1, 0.15) is 27.2 Å². The van der Waals surface area contributed by atoms with Gasteiger partial charge in [0.1, 0.15) is 5.75 Å². The van der Waals surface area contributed by atoms with Gasteiger partial charge in [-0.1, -0.05) is 20.3 Å². The number of aromatic hydroxyl groups is 1. The van der Waals surface area contributed by atoms with Gasteiger partial charge < -0.3 is 10.4 Å². The number of phenols is 1. The average molecular weight is 193 g/mol. The van der Waals surface area contributed by atoms with Gasteiger partial charge in [0.2, 0.25) is 0 Å². The van der Waals surface area contributed by atoms with Crippen LogP contribution in [0.4, 0.5) is 5.69 Å². The Morgan fingerprint density at radius 1 is 1.21 bits per heavy atom. The van der Waals surface area contributed by atoms with Crippen LogP contribution in [0.3, 0.4) is 0 Å². The predicted octanol–water partition coefficient (Wildman–Crippen LogP) is 3.24. The molecular weight excluding hydrogens is 174 g/mol. The van der Waals surface area contributed by atoms with Crippen molar-refractivity contribution >= 4 is 5.69 Å². The third kappa shape index (κ3) is 2.95. The van der Waals surface area contributed by atoms with Gasteiger partial charge >= 0.3 is 0 Å². The number of hydrogen-bond donors (Lipinski definition) is 2. The maximum absolute atomic E-state index is 9.12. The zero-order valence-electron chi connectivity index (χ0n) is 9.12. The minimum Gasteiger partial charge on any atom is -0.508 e. The third-order valence-corrected chi connectivity index (χ3v) is 2.76. The molecule has 2 nitrogen and oxygen atoms in total. The average Bonchev–Trinajstić information content (AvgIpc) is 2.20. The van der Waals surface area contributed by atoms with Crippen molar-refractivity contribution in [3.63, 3.8) is 0 Å². The van der Waals surface area contributed by atoms with Crippen LogP contribution in [0, 0.1) is 5.92 Å². The number of hydrogen-bond acceptors (Lipinski definition) is 2. The van der Waals surface area contributed by atoms with Gasteiger partial charge in [-0.25, -0.2) is 0 Å². The first-order valence-corrected chi connectivity index (χ1v) is 5.19. The summed E-state index contributed by atoms with van der Waals surface area (Å²) in [6.45, 7) is 6.61. The molecule has 78 valence electrons. The fourth-order valence-electron chi connectivity index (χ4n) is 1.32. The van der Waals surface area contributed by atoms with E-state index in [0.29, 0.717) is 17.7 Å². The van der Waals surface area contributed by atoms with Gasteiger partial charge in [-0.15, -0.1) is 0 Å². The van der Waals surface area contributed by atoms with Crippen molar-refractivity contribution in [2.45, 2.75) is 33.2 Å². The minimum absolute atomic E-state index is 0.312. The molecule has 1 rings (SSSR count). The molecule has 1 aromatic carbocycles. The molecule has 2 atom stereocenters. The molecule has 0 radical (unpaired) electrons. The number of phenolic OH excluding ortho intramolecular Hbond substituents is 1. The van der Waals surface area contributed by atoms with E-state index in [9.17, 15) is 0 Å². The first-order valence-electron chi connectivity index (χ1n) is 5.19. The summed E-state index contributed by atoms with van der Waals surface area (Å²) in [5, 5.41) is 12.5. The summed E-state index contributed by atoms with van der Waals surface area (Å²) in [4.78, 5) is 0. The summed E-state index contributed by atoms with van der Waals surface area (Å²) in [7, 11) is 0. The zero-order chi connectivity index (χ0) is 10.6. The Kier molecular flexibility index (Phi) is 3.81. The molecule has 0 aliphatic heterocycles.